The first kappa shape index (κ1) is 17.1. The van der Waals surface area contributed by atoms with Crippen molar-refractivity contribution in [2.45, 2.75) is 6.42 Å². The number of ether oxygens (including phenoxy) is 3. The van der Waals surface area contributed by atoms with Crippen LogP contribution in [0, 0.1) is 0 Å². The quantitative estimate of drug-likeness (QED) is 0.708. The van der Waals surface area contributed by atoms with E-state index in [0.717, 1.165) is 17.4 Å². The fourth-order valence-electron chi connectivity index (χ4n) is 3.40. The van der Waals surface area contributed by atoms with Gasteiger partial charge in [0.15, 0.2) is 11.5 Å². The van der Waals surface area contributed by atoms with Gasteiger partial charge in [-0.3, -0.25) is 4.79 Å². The van der Waals surface area contributed by atoms with Gasteiger partial charge in [-0.25, -0.2) is 0 Å². The van der Waals surface area contributed by atoms with Crippen molar-refractivity contribution in [1.29, 1.82) is 0 Å². The molecule has 0 fully saturated rings. The summed E-state index contributed by atoms with van der Waals surface area (Å²) in [5.74, 6) is 1.72. The molecule has 7 heteroatoms. The van der Waals surface area contributed by atoms with Gasteiger partial charge in [-0.1, -0.05) is 6.07 Å². The molecular weight excluding hydrogens is 346 g/mol. The molecule has 1 amide bonds. The third kappa shape index (κ3) is 2.81. The lowest BCUT2D eigenvalue weighted by molar-refractivity contribution is 0.0980. The second-order valence-corrected chi connectivity index (χ2v) is 6.18. The molecule has 1 aliphatic rings. The highest BCUT2D eigenvalue weighted by molar-refractivity contribution is 6.12. The molecule has 0 saturated heterocycles. The van der Waals surface area contributed by atoms with Gasteiger partial charge in [0.25, 0.3) is 5.91 Å². The summed E-state index contributed by atoms with van der Waals surface area (Å²) in [6.07, 6.45) is 2.36. The number of hydrogen-bond acceptors (Lipinski definition) is 6. The minimum Gasteiger partial charge on any atom is -0.497 e. The Morgan fingerprint density at radius 1 is 1.00 bits per heavy atom. The highest BCUT2D eigenvalue weighted by atomic mass is 16.5. The average molecular weight is 365 g/mol. The number of amides is 1. The minimum absolute atomic E-state index is 0.0840. The number of benzene rings is 2. The summed E-state index contributed by atoms with van der Waals surface area (Å²) < 4.78 is 16.0. The highest BCUT2D eigenvalue weighted by Gasteiger charge is 2.28. The first-order valence-corrected chi connectivity index (χ1v) is 8.52. The standard InChI is InChI=1S/C20H19N3O4/c1-25-13-5-4-12-6-7-23(20(24)14(12)8-13)17-11-21-22-16-10-19(27-3)18(26-2)9-15(16)17/h4-5,8-11H,6-7H2,1-3H3. The van der Waals surface area contributed by atoms with Gasteiger partial charge in [0.1, 0.15) is 5.75 Å². The van der Waals surface area contributed by atoms with E-state index in [4.69, 9.17) is 14.2 Å². The Bertz CT molecular complexity index is 1040. The van der Waals surface area contributed by atoms with Crippen LogP contribution in [-0.4, -0.2) is 44.0 Å². The molecule has 0 aliphatic carbocycles. The van der Waals surface area contributed by atoms with E-state index in [9.17, 15) is 4.79 Å². The molecule has 138 valence electrons. The Balaban J connectivity index is 1.83. The molecule has 0 spiro atoms. The van der Waals surface area contributed by atoms with Crippen molar-refractivity contribution < 1.29 is 19.0 Å². The molecule has 3 aromatic rings. The predicted octanol–water partition coefficient (Wildman–Crippen LogP) is 2.86. The number of anilines is 1. The van der Waals surface area contributed by atoms with Crippen molar-refractivity contribution in [3.05, 3.63) is 47.7 Å². The van der Waals surface area contributed by atoms with Crippen molar-refractivity contribution in [3.63, 3.8) is 0 Å². The molecular formula is C20H19N3O4. The molecule has 4 rings (SSSR count). The van der Waals surface area contributed by atoms with Crippen LogP contribution < -0.4 is 19.1 Å². The summed E-state index contributed by atoms with van der Waals surface area (Å²) in [4.78, 5) is 14.9. The van der Waals surface area contributed by atoms with Crippen molar-refractivity contribution in [2.75, 3.05) is 32.8 Å². The predicted molar refractivity (Wildman–Crippen MR) is 101 cm³/mol. The summed E-state index contributed by atoms with van der Waals surface area (Å²) in [5, 5.41) is 9.03. The molecule has 1 aliphatic heterocycles. The van der Waals surface area contributed by atoms with Crippen molar-refractivity contribution >= 4 is 22.5 Å². The number of rotatable bonds is 4. The number of nitrogens with zero attached hydrogens (tertiary/aromatic N) is 3. The maximum absolute atomic E-state index is 13.2. The number of aromatic nitrogens is 2. The Labute approximate surface area is 156 Å². The number of fused-ring (bicyclic) bond motifs is 2. The Kier molecular flexibility index (Phi) is 4.27. The number of carbonyl (C=O) groups is 1. The molecule has 7 nitrogen and oxygen atoms in total. The zero-order valence-electron chi connectivity index (χ0n) is 15.4. The van der Waals surface area contributed by atoms with E-state index in [2.05, 4.69) is 10.2 Å². The van der Waals surface area contributed by atoms with Gasteiger partial charge in [0, 0.05) is 23.6 Å². The Hall–Kier alpha value is -3.35. The first-order valence-electron chi connectivity index (χ1n) is 8.52. The van der Waals surface area contributed by atoms with E-state index < -0.39 is 0 Å². The van der Waals surface area contributed by atoms with Crippen LogP contribution in [0.3, 0.4) is 0 Å². The van der Waals surface area contributed by atoms with Gasteiger partial charge in [0.2, 0.25) is 0 Å². The van der Waals surface area contributed by atoms with Gasteiger partial charge < -0.3 is 19.1 Å². The van der Waals surface area contributed by atoms with Crippen LogP contribution >= 0.6 is 0 Å². The average Bonchev–Trinajstić information content (AvgIpc) is 2.72. The molecule has 0 atom stereocenters. The molecule has 0 N–H and O–H groups in total. The molecule has 0 unspecified atom stereocenters. The van der Waals surface area contributed by atoms with Crippen LogP contribution in [0.4, 0.5) is 5.69 Å². The van der Waals surface area contributed by atoms with Crippen LogP contribution in [-0.2, 0) is 6.42 Å². The van der Waals surface area contributed by atoms with Gasteiger partial charge in [0.05, 0.1) is 38.7 Å². The summed E-state index contributed by atoms with van der Waals surface area (Å²) in [7, 11) is 4.73. The van der Waals surface area contributed by atoms with E-state index >= 15 is 0 Å². The second-order valence-electron chi connectivity index (χ2n) is 6.18. The third-order valence-electron chi connectivity index (χ3n) is 4.81. The summed E-state index contributed by atoms with van der Waals surface area (Å²) in [6.45, 7) is 0.563. The van der Waals surface area contributed by atoms with Crippen LogP contribution in [0.5, 0.6) is 17.2 Å². The molecule has 0 saturated carbocycles. The van der Waals surface area contributed by atoms with E-state index in [0.29, 0.717) is 40.6 Å². The first-order chi connectivity index (χ1) is 13.2. The second kappa shape index (κ2) is 6.75. The molecule has 0 radical (unpaired) electrons. The summed E-state index contributed by atoms with van der Waals surface area (Å²) in [5.41, 5.74) is 2.99. The number of carbonyl (C=O) groups excluding carboxylic acids is 1. The molecule has 1 aromatic heterocycles. The zero-order valence-corrected chi connectivity index (χ0v) is 15.4. The van der Waals surface area contributed by atoms with Gasteiger partial charge in [-0.2, -0.15) is 10.2 Å². The largest absolute Gasteiger partial charge is 0.497 e. The van der Waals surface area contributed by atoms with Crippen molar-refractivity contribution in [1.82, 2.24) is 10.2 Å². The lowest BCUT2D eigenvalue weighted by Gasteiger charge is -2.29. The Morgan fingerprint density at radius 3 is 2.52 bits per heavy atom. The minimum atomic E-state index is -0.0840. The van der Waals surface area contributed by atoms with Crippen molar-refractivity contribution in [2.24, 2.45) is 0 Å². The lowest BCUT2D eigenvalue weighted by Crippen LogP contribution is -2.37. The molecule has 2 heterocycles. The Morgan fingerprint density at radius 2 is 1.78 bits per heavy atom. The number of methoxy groups -OCH3 is 3. The monoisotopic (exact) mass is 365 g/mol. The highest BCUT2D eigenvalue weighted by Crippen LogP contribution is 2.36. The van der Waals surface area contributed by atoms with E-state index in [1.54, 1.807) is 44.6 Å². The van der Waals surface area contributed by atoms with E-state index in [1.807, 2.05) is 18.2 Å². The lowest BCUT2D eigenvalue weighted by atomic mass is 9.98. The number of hydrogen-bond donors (Lipinski definition) is 0. The van der Waals surface area contributed by atoms with Crippen LogP contribution in [0.25, 0.3) is 10.9 Å². The van der Waals surface area contributed by atoms with Crippen molar-refractivity contribution in [3.8, 4) is 17.2 Å². The van der Waals surface area contributed by atoms with E-state index in [-0.39, 0.29) is 5.91 Å². The van der Waals surface area contributed by atoms with Gasteiger partial charge >= 0.3 is 0 Å². The maximum atomic E-state index is 13.2. The fraction of sp³-hybridized carbons (Fsp3) is 0.250. The smallest absolute Gasteiger partial charge is 0.258 e. The van der Waals surface area contributed by atoms with Crippen LogP contribution in [0.15, 0.2) is 36.5 Å². The van der Waals surface area contributed by atoms with Gasteiger partial charge in [-0.15, -0.1) is 0 Å². The maximum Gasteiger partial charge on any atom is 0.258 e. The fourth-order valence-corrected chi connectivity index (χ4v) is 3.40. The molecule has 0 bridgehead atoms. The molecule has 27 heavy (non-hydrogen) atoms. The van der Waals surface area contributed by atoms with Gasteiger partial charge in [-0.05, 0) is 30.2 Å². The zero-order chi connectivity index (χ0) is 19.0. The summed E-state index contributed by atoms with van der Waals surface area (Å²) in [6, 6.07) is 9.19. The van der Waals surface area contributed by atoms with Crippen LogP contribution in [0.2, 0.25) is 0 Å². The molecule has 2 aromatic carbocycles. The topological polar surface area (TPSA) is 73.8 Å². The van der Waals surface area contributed by atoms with Crippen LogP contribution in [0.1, 0.15) is 15.9 Å². The SMILES string of the molecule is COc1ccc2c(c1)C(=O)N(c1cnnc3cc(OC)c(OC)cc13)CC2. The third-order valence-corrected chi connectivity index (χ3v) is 4.81. The normalized spacial score (nSPS) is 13.4. The summed E-state index contributed by atoms with van der Waals surface area (Å²) >= 11 is 0. The van der Waals surface area contributed by atoms with E-state index in [1.165, 1.54) is 0 Å².